The number of hydrogen-bond acceptors (Lipinski definition) is 6. The van der Waals surface area contributed by atoms with Gasteiger partial charge in [-0.15, -0.1) is 0 Å². The summed E-state index contributed by atoms with van der Waals surface area (Å²) in [4.78, 5) is 28.2. The molecule has 0 heterocycles. The normalized spacial score (nSPS) is 11.7. The predicted molar refractivity (Wildman–Crippen MR) is 111 cm³/mol. The number of hydrogen-bond donors (Lipinski definition) is 2. The first-order valence-corrected chi connectivity index (χ1v) is 10.5. The van der Waals surface area contributed by atoms with Gasteiger partial charge in [-0.3, -0.25) is 10.1 Å². The highest BCUT2D eigenvalue weighted by atomic mass is 32.2. The summed E-state index contributed by atoms with van der Waals surface area (Å²) < 4.78 is 31.3. The molecule has 2 aromatic rings. The van der Waals surface area contributed by atoms with Gasteiger partial charge in [-0.25, -0.2) is 4.79 Å². The van der Waals surface area contributed by atoms with Crippen molar-refractivity contribution in [1.82, 2.24) is 9.19 Å². The van der Waals surface area contributed by atoms with Crippen molar-refractivity contribution in [1.29, 1.82) is 0 Å². The summed E-state index contributed by atoms with van der Waals surface area (Å²) in [5.74, 6) is 0. The van der Waals surface area contributed by atoms with Crippen LogP contribution in [-0.2, 0) is 37.7 Å². The molecule has 0 aromatic heterocycles. The Morgan fingerprint density at radius 1 is 1.00 bits per heavy atom. The molecule has 0 aliphatic carbocycles. The summed E-state index contributed by atoms with van der Waals surface area (Å²) in [6, 6.07) is 15.6. The number of nitrogens with zero attached hydrogens (tertiary/aromatic N) is 1. The van der Waals surface area contributed by atoms with Crippen LogP contribution >= 0.6 is 0 Å². The maximum atomic E-state index is 12.5. The molecule has 0 saturated heterocycles. The van der Waals surface area contributed by atoms with Crippen LogP contribution in [0.2, 0.25) is 0 Å². The number of nitrogens with one attached hydrogen (secondary N) is 2. The molecule has 9 nitrogen and oxygen atoms in total. The van der Waals surface area contributed by atoms with E-state index in [1.807, 2.05) is 6.07 Å². The summed E-state index contributed by atoms with van der Waals surface area (Å²) in [5.41, 5.74) is 1.31. The fraction of sp³-hybridized carbons (Fsp3) is 0.300. The highest BCUT2D eigenvalue weighted by Crippen LogP contribution is 2.17. The van der Waals surface area contributed by atoms with Crippen molar-refractivity contribution in [2.24, 2.45) is 0 Å². The minimum atomic E-state index is -4.09. The number of amides is 1. The standard InChI is InChI=1S/C20H25N3O6S/c1-20(2,3)29-19(25)21-18-11-9-17(10-12-18)14-23(30(26,27)22-28-15-24)13-16-7-5-4-6-8-16/h4-12,15,22H,13-14H2,1-3H3,(H,21,25). The third-order valence-corrected chi connectivity index (χ3v) is 4.95. The number of carbonyl (C=O) groups excluding carboxylic acids is 2. The molecule has 0 fully saturated rings. The molecule has 1 amide bonds. The molecule has 0 spiro atoms. The third-order valence-electron chi connectivity index (χ3n) is 3.70. The van der Waals surface area contributed by atoms with Gasteiger partial charge in [0.2, 0.25) is 0 Å². The van der Waals surface area contributed by atoms with Crippen LogP contribution in [0.1, 0.15) is 31.9 Å². The zero-order chi connectivity index (χ0) is 22.2. The molecule has 30 heavy (non-hydrogen) atoms. The number of anilines is 1. The molecule has 0 radical (unpaired) electrons. The van der Waals surface area contributed by atoms with Crippen LogP contribution in [0, 0.1) is 0 Å². The van der Waals surface area contributed by atoms with Crippen LogP contribution in [0.5, 0.6) is 0 Å². The van der Waals surface area contributed by atoms with Gasteiger partial charge in [-0.2, -0.15) is 12.7 Å². The molecule has 0 unspecified atom stereocenters. The Morgan fingerprint density at radius 2 is 1.57 bits per heavy atom. The maximum absolute atomic E-state index is 12.5. The second-order valence-electron chi connectivity index (χ2n) is 7.38. The fourth-order valence-electron chi connectivity index (χ4n) is 2.46. The molecular formula is C20H25N3O6S. The largest absolute Gasteiger partial charge is 0.444 e. The second kappa shape index (κ2) is 10.2. The molecule has 0 aliphatic heterocycles. The zero-order valence-electron chi connectivity index (χ0n) is 17.0. The predicted octanol–water partition coefficient (Wildman–Crippen LogP) is 2.96. The molecule has 2 N–H and O–H groups in total. The molecular weight excluding hydrogens is 410 g/mol. The van der Waals surface area contributed by atoms with Crippen molar-refractivity contribution >= 4 is 28.5 Å². The van der Waals surface area contributed by atoms with Gasteiger partial charge in [0.05, 0.1) is 0 Å². The summed E-state index contributed by atoms with van der Waals surface area (Å²) in [7, 11) is -4.09. The van der Waals surface area contributed by atoms with Gasteiger partial charge < -0.3 is 9.57 Å². The average Bonchev–Trinajstić information content (AvgIpc) is 2.66. The Labute approximate surface area is 176 Å². The lowest BCUT2D eigenvalue weighted by Crippen LogP contribution is -2.39. The molecule has 0 bridgehead atoms. The van der Waals surface area contributed by atoms with Gasteiger partial charge in [0.1, 0.15) is 5.60 Å². The van der Waals surface area contributed by atoms with Crippen molar-refractivity contribution < 1.29 is 27.6 Å². The lowest BCUT2D eigenvalue weighted by molar-refractivity contribution is -0.131. The maximum Gasteiger partial charge on any atom is 0.412 e. The van der Waals surface area contributed by atoms with E-state index in [9.17, 15) is 18.0 Å². The van der Waals surface area contributed by atoms with Crippen LogP contribution < -0.4 is 10.2 Å². The van der Waals surface area contributed by atoms with Crippen molar-refractivity contribution in [2.45, 2.75) is 39.5 Å². The lowest BCUT2D eigenvalue weighted by atomic mass is 10.2. The average molecular weight is 436 g/mol. The summed E-state index contributed by atoms with van der Waals surface area (Å²) in [5, 5.41) is 2.61. The van der Waals surface area contributed by atoms with Gasteiger partial charge in [0.25, 0.3) is 0 Å². The van der Waals surface area contributed by atoms with Gasteiger partial charge in [-0.05, 0) is 48.9 Å². The fourth-order valence-corrected chi connectivity index (χ4v) is 3.37. The second-order valence-corrected chi connectivity index (χ2v) is 9.01. The first kappa shape index (κ1) is 23.3. The topological polar surface area (TPSA) is 114 Å². The Morgan fingerprint density at radius 3 is 2.10 bits per heavy atom. The van der Waals surface area contributed by atoms with Gasteiger partial charge in [0.15, 0.2) is 0 Å². The van der Waals surface area contributed by atoms with E-state index in [1.54, 1.807) is 74.2 Å². The van der Waals surface area contributed by atoms with Crippen molar-refractivity contribution in [3.8, 4) is 0 Å². The van der Waals surface area contributed by atoms with Gasteiger partial charge in [-0.1, -0.05) is 42.5 Å². The van der Waals surface area contributed by atoms with E-state index >= 15 is 0 Å². The number of benzene rings is 2. The van der Waals surface area contributed by atoms with E-state index in [-0.39, 0.29) is 19.6 Å². The first-order valence-electron chi connectivity index (χ1n) is 9.08. The van der Waals surface area contributed by atoms with Crippen molar-refractivity contribution in [3.05, 3.63) is 65.7 Å². The molecule has 0 saturated carbocycles. The van der Waals surface area contributed by atoms with Crippen molar-refractivity contribution in [2.75, 3.05) is 5.32 Å². The summed E-state index contributed by atoms with van der Waals surface area (Å²) >= 11 is 0. The third kappa shape index (κ3) is 7.82. The Kier molecular flexibility index (Phi) is 7.93. The monoisotopic (exact) mass is 435 g/mol. The molecule has 162 valence electrons. The quantitative estimate of drug-likeness (QED) is 0.462. The number of rotatable bonds is 9. The highest BCUT2D eigenvalue weighted by Gasteiger charge is 2.23. The molecule has 2 rings (SSSR count). The minimum Gasteiger partial charge on any atom is -0.444 e. The molecule has 10 heteroatoms. The van der Waals surface area contributed by atoms with Crippen LogP contribution in [0.4, 0.5) is 10.5 Å². The van der Waals surface area contributed by atoms with Crippen LogP contribution in [0.25, 0.3) is 0 Å². The zero-order valence-corrected chi connectivity index (χ0v) is 17.8. The van der Waals surface area contributed by atoms with Crippen LogP contribution in [-0.4, -0.2) is 30.9 Å². The van der Waals surface area contributed by atoms with E-state index in [4.69, 9.17) is 4.74 Å². The lowest BCUT2D eigenvalue weighted by Gasteiger charge is -2.22. The van der Waals surface area contributed by atoms with Gasteiger partial charge >= 0.3 is 22.8 Å². The first-order chi connectivity index (χ1) is 14.1. The Hall–Kier alpha value is -2.95. The SMILES string of the molecule is CC(C)(C)OC(=O)Nc1ccc(CN(Cc2ccccc2)S(=O)(=O)NOC=O)cc1. The minimum absolute atomic E-state index is 0.00458. The van der Waals surface area contributed by atoms with E-state index in [2.05, 4.69) is 10.2 Å². The van der Waals surface area contributed by atoms with E-state index in [1.165, 1.54) is 0 Å². The van der Waals surface area contributed by atoms with E-state index < -0.39 is 21.9 Å². The van der Waals surface area contributed by atoms with Gasteiger partial charge in [0, 0.05) is 18.8 Å². The molecule has 0 aliphatic rings. The molecule has 2 aromatic carbocycles. The Bertz CT molecular complexity index is 941. The number of ether oxygens (including phenoxy) is 1. The summed E-state index contributed by atoms with van der Waals surface area (Å²) in [6.45, 7) is 5.37. The van der Waals surface area contributed by atoms with Crippen LogP contribution in [0.3, 0.4) is 0 Å². The highest BCUT2D eigenvalue weighted by molar-refractivity contribution is 7.86. The smallest absolute Gasteiger partial charge is 0.412 e. The number of carbonyl (C=O) groups is 2. The summed E-state index contributed by atoms with van der Waals surface area (Å²) in [6.07, 6.45) is -0.584. The van der Waals surface area contributed by atoms with E-state index in [0.717, 1.165) is 9.87 Å². The van der Waals surface area contributed by atoms with Crippen molar-refractivity contribution in [3.63, 3.8) is 0 Å². The van der Waals surface area contributed by atoms with Crippen LogP contribution in [0.15, 0.2) is 54.6 Å². The Balaban J connectivity index is 2.12. The van der Waals surface area contributed by atoms with E-state index in [0.29, 0.717) is 11.3 Å². The molecule has 0 atom stereocenters.